The van der Waals surface area contributed by atoms with Crippen LogP contribution in [0.25, 0.3) is 22.3 Å². The Morgan fingerprint density at radius 3 is 2.45 bits per heavy atom. The predicted molar refractivity (Wildman–Crippen MR) is 165 cm³/mol. The fourth-order valence-electron chi connectivity index (χ4n) is 4.63. The number of hydrogen-bond acceptors (Lipinski definition) is 8. The van der Waals surface area contributed by atoms with Crippen molar-refractivity contribution in [3.05, 3.63) is 64.9 Å². The zero-order valence-corrected chi connectivity index (χ0v) is 25.0. The molecule has 2 amide bonds. The SMILES string of the molecule is COc1cc2nc(-c3ccc(NC(=O)Nc4ccc(F)cc4Br)cc3)nc(NCCCN3CCOCC3)c2cc1OC. The van der Waals surface area contributed by atoms with Crippen LogP contribution >= 0.6 is 15.9 Å². The molecule has 0 radical (unpaired) electrons. The van der Waals surface area contributed by atoms with E-state index in [4.69, 9.17) is 24.2 Å². The molecule has 2 heterocycles. The van der Waals surface area contributed by atoms with E-state index in [-0.39, 0.29) is 0 Å². The smallest absolute Gasteiger partial charge is 0.323 e. The van der Waals surface area contributed by atoms with Crippen LogP contribution in [0.4, 0.5) is 26.4 Å². The molecule has 0 atom stereocenters. The fraction of sp³-hybridized carbons (Fsp3) is 0.300. The molecule has 1 saturated heterocycles. The summed E-state index contributed by atoms with van der Waals surface area (Å²) in [4.78, 5) is 24.6. The van der Waals surface area contributed by atoms with Crippen LogP contribution in [0, 0.1) is 5.82 Å². The van der Waals surface area contributed by atoms with Gasteiger partial charge in [0, 0.05) is 46.8 Å². The van der Waals surface area contributed by atoms with Crippen LogP contribution in [0.5, 0.6) is 11.5 Å². The van der Waals surface area contributed by atoms with E-state index in [0.29, 0.717) is 44.5 Å². The molecule has 220 valence electrons. The summed E-state index contributed by atoms with van der Waals surface area (Å²) in [6.45, 7) is 5.17. The van der Waals surface area contributed by atoms with Crippen LogP contribution < -0.4 is 25.4 Å². The summed E-state index contributed by atoms with van der Waals surface area (Å²) in [5.74, 6) is 2.00. The molecule has 0 bridgehead atoms. The molecule has 1 aliphatic heterocycles. The van der Waals surface area contributed by atoms with Crippen molar-refractivity contribution >= 4 is 50.1 Å². The number of morpholine rings is 1. The number of carbonyl (C=O) groups is 1. The van der Waals surface area contributed by atoms with Crippen LogP contribution in [0.3, 0.4) is 0 Å². The van der Waals surface area contributed by atoms with Gasteiger partial charge in [-0.05, 0) is 77.4 Å². The van der Waals surface area contributed by atoms with Gasteiger partial charge in [0.1, 0.15) is 11.6 Å². The second kappa shape index (κ2) is 13.8. The highest BCUT2D eigenvalue weighted by Gasteiger charge is 2.15. The number of fused-ring (bicyclic) bond motifs is 1. The van der Waals surface area contributed by atoms with Gasteiger partial charge in [-0.25, -0.2) is 19.2 Å². The molecular formula is C30H32BrFN6O4. The van der Waals surface area contributed by atoms with E-state index >= 15 is 0 Å². The summed E-state index contributed by atoms with van der Waals surface area (Å²) >= 11 is 3.25. The molecule has 12 heteroatoms. The predicted octanol–water partition coefficient (Wildman–Crippen LogP) is 5.99. The monoisotopic (exact) mass is 638 g/mol. The van der Waals surface area contributed by atoms with E-state index in [1.54, 1.807) is 26.4 Å². The quantitative estimate of drug-likeness (QED) is 0.182. The molecule has 0 aliphatic carbocycles. The molecule has 4 aromatic rings. The second-order valence-corrected chi connectivity index (χ2v) is 10.5. The van der Waals surface area contributed by atoms with Gasteiger partial charge in [0.2, 0.25) is 0 Å². The molecule has 5 rings (SSSR count). The van der Waals surface area contributed by atoms with Crippen molar-refractivity contribution in [1.29, 1.82) is 0 Å². The third kappa shape index (κ3) is 7.25. The highest BCUT2D eigenvalue weighted by molar-refractivity contribution is 9.10. The van der Waals surface area contributed by atoms with E-state index in [0.717, 1.165) is 56.8 Å². The maximum absolute atomic E-state index is 13.4. The topological polar surface area (TPSA) is 110 Å². The maximum Gasteiger partial charge on any atom is 0.323 e. The van der Waals surface area contributed by atoms with Crippen molar-refractivity contribution in [3.63, 3.8) is 0 Å². The number of aromatic nitrogens is 2. The molecule has 0 spiro atoms. The second-order valence-electron chi connectivity index (χ2n) is 9.64. The maximum atomic E-state index is 13.4. The number of nitrogens with zero attached hydrogens (tertiary/aromatic N) is 3. The van der Waals surface area contributed by atoms with Gasteiger partial charge in [-0.15, -0.1) is 0 Å². The Hall–Kier alpha value is -4.00. The van der Waals surface area contributed by atoms with Crippen LogP contribution in [0.15, 0.2) is 59.1 Å². The number of anilines is 3. The first kappa shape index (κ1) is 29.5. The van der Waals surface area contributed by atoms with Crippen LogP contribution in [-0.4, -0.2) is 74.5 Å². The zero-order chi connectivity index (χ0) is 29.5. The first-order valence-electron chi connectivity index (χ1n) is 13.5. The Kier molecular flexibility index (Phi) is 9.67. The number of methoxy groups -OCH3 is 2. The molecule has 1 aliphatic rings. The van der Waals surface area contributed by atoms with Crippen LogP contribution in [0.1, 0.15) is 6.42 Å². The first-order chi connectivity index (χ1) is 20.4. The summed E-state index contributed by atoms with van der Waals surface area (Å²) in [6, 6.07) is 14.5. The number of urea groups is 1. The Bertz CT molecular complexity index is 1550. The van der Waals surface area contributed by atoms with Gasteiger partial charge in [-0.3, -0.25) is 4.90 Å². The standard InChI is InChI=1S/C30H32BrFN6O4/c1-40-26-17-22-25(18-27(26)41-2)35-28(37-29(22)33-10-3-11-38-12-14-42-15-13-38)19-4-7-21(8-5-19)34-30(39)36-24-9-6-20(32)16-23(24)31/h4-9,16-18H,3,10-15H2,1-2H3,(H,33,35,37)(H2,34,36,39). The average Bonchev–Trinajstić information content (AvgIpc) is 3.00. The minimum Gasteiger partial charge on any atom is -0.493 e. The van der Waals surface area contributed by atoms with Gasteiger partial charge in [-0.2, -0.15) is 0 Å². The van der Waals surface area contributed by atoms with Crippen molar-refractivity contribution < 1.29 is 23.4 Å². The Morgan fingerprint density at radius 2 is 1.74 bits per heavy atom. The third-order valence-electron chi connectivity index (χ3n) is 6.83. The Balaban J connectivity index is 1.34. The Labute approximate surface area is 251 Å². The van der Waals surface area contributed by atoms with Crippen molar-refractivity contribution in [2.45, 2.75) is 6.42 Å². The van der Waals surface area contributed by atoms with E-state index in [1.165, 1.54) is 18.2 Å². The molecule has 1 fully saturated rings. The minimum atomic E-state index is -0.457. The Morgan fingerprint density at radius 1 is 1.00 bits per heavy atom. The van der Waals surface area contributed by atoms with Gasteiger partial charge >= 0.3 is 6.03 Å². The number of ether oxygens (including phenoxy) is 3. The fourth-order valence-corrected chi connectivity index (χ4v) is 5.08. The number of benzene rings is 3. The number of hydrogen-bond donors (Lipinski definition) is 3. The lowest BCUT2D eigenvalue weighted by atomic mass is 10.1. The van der Waals surface area contributed by atoms with Crippen LogP contribution in [0.2, 0.25) is 0 Å². The minimum absolute atomic E-state index is 0.400. The molecule has 42 heavy (non-hydrogen) atoms. The largest absolute Gasteiger partial charge is 0.493 e. The van der Waals surface area contributed by atoms with Gasteiger partial charge in [0.05, 0.1) is 38.6 Å². The summed E-state index contributed by atoms with van der Waals surface area (Å²) in [5, 5.41) is 9.80. The molecule has 0 unspecified atom stereocenters. The lowest BCUT2D eigenvalue weighted by Gasteiger charge is -2.26. The number of halogens is 2. The molecule has 3 aromatic carbocycles. The lowest BCUT2D eigenvalue weighted by Crippen LogP contribution is -2.37. The highest BCUT2D eigenvalue weighted by atomic mass is 79.9. The van der Waals surface area contributed by atoms with Gasteiger partial charge in [0.15, 0.2) is 17.3 Å². The van der Waals surface area contributed by atoms with E-state index < -0.39 is 11.8 Å². The molecule has 0 saturated carbocycles. The van der Waals surface area contributed by atoms with Crippen molar-refractivity contribution in [1.82, 2.24) is 14.9 Å². The summed E-state index contributed by atoms with van der Waals surface area (Å²) in [6.07, 6.45) is 0.949. The lowest BCUT2D eigenvalue weighted by molar-refractivity contribution is 0.0378. The average molecular weight is 640 g/mol. The van der Waals surface area contributed by atoms with Crippen molar-refractivity contribution in [3.8, 4) is 22.9 Å². The number of rotatable bonds is 10. The summed E-state index contributed by atoms with van der Waals surface area (Å²) in [5.41, 5.74) is 2.50. The van der Waals surface area contributed by atoms with E-state index in [1.807, 2.05) is 24.3 Å². The summed E-state index contributed by atoms with van der Waals surface area (Å²) in [7, 11) is 3.19. The normalized spacial score (nSPS) is 13.5. The number of nitrogens with one attached hydrogen (secondary N) is 3. The summed E-state index contributed by atoms with van der Waals surface area (Å²) < 4.78 is 30.3. The first-order valence-corrected chi connectivity index (χ1v) is 14.3. The highest BCUT2D eigenvalue weighted by Crippen LogP contribution is 2.35. The third-order valence-corrected chi connectivity index (χ3v) is 7.48. The van der Waals surface area contributed by atoms with Gasteiger partial charge < -0.3 is 30.2 Å². The zero-order valence-electron chi connectivity index (χ0n) is 23.4. The molecule has 10 nitrogen and oxygen atoms in total. The number of carbonyl (C=O) groups excluding carboxylic acids is 1. The molecular weight excluding hydrogens is 607 g/mol. The molecule has 1 aromatic heterocycles. The van der Waals surface area contributed by atoms with Gasteiger partial charge in [0.25, 0.3) is 0 Å². The number of amides is 2. The van der Waals surface area contributed by atoms with E-state index in [9.17, 15) is 9.18 Å². The van der Waals surface area contributed by atoms with Crippen LogP contribution in [-0.2, 0) is 4.74 Å². The van der Waals surface area contributed by atoms with Crippen molar-refractivity contribution in [2.24, 2.45) is 0 Å². The van der Waals surface area contributed by atoms with Crippen molar-refractivity contribution in [2.75, 3.05) is 69.6 Å². The molecule has 3 N–H and O–H groups in total. The van der Waals surface area contributed by atoms with Gasteiger partial charge in [-0.1, -0.05) is 0 Å². The van der Waals surface area contributed by atoms with E-state index in [2.05, 4.69) is 36.8 Å².